The maximum absolute atomic E-state index is 2.85. The average Bonchev–Trinajstić information content (AvgIpc) is 2.89. The first-order chi connectivity index (χ1) is 11.1. The van der Waals surface area contributed by atoms with Gasteiger partial charge in [0.05, 0.1) is 0 Å². The van der Waals surface area contributed by atoms with Gasteiger partial charge in [0.15, 0.2) is 0 Å². The van der Waals surface area contributed by atoms with Gasteiger partial charge in [-0.2, -0.15) is 0 Å². The molecule has 3 fully saturated rings. The van der Waals surface area contributed by atoms with E-state index in [0.717, 1.165) is 23.7 Å². The molecule has 7 unspecified atom stereocenters. The van der Waals surface area contributed by atoms with E-state index in [1.54, 1.807) is 0 Å². The van der Waals surface area contributed by atoms with Crippen LogP contribution in [0.5, 0.6) is 0 Å². The minimum absolute atomic E-state index is 0. The molecular formula is C21H37PS. The van der Waals surface area contributed by atoms with Crippen molar-refractivity contribution in [3.05, 3.63) is 11.6 Å². The molecule has 0 aliphatic heterocycles. The van der Waals surface area contributed by atoms with Gasteiger partial charge in [-0.15, -0.1) is 11.4 Å². The molecule has 0 nitrogen and oxygen atoms in total. The van der Waals surface area contributed by atoms with Crippen molar-refractivity contribution < 1.29 is 1.43 Å². The van der Waals surface area contributed by atoms with Gasteiger partial charge in [0.1, 0.15) is 0 Å². The quantitative estimate of drug-likeness (QED) is 0.385. The molecule has 0 saturated heterocycles. The van der Waals surface area contributed by atoms with Crippen LogP contribution in [0.1, 0.15) is 79.5 Å². The van der Waals surface area contributed by atoms with Gasteiger partial charge in [-0.1, -0.05) is 40.4 Å². The first-order valence-electron chi connectivity index (χ1n) is 10.1. The first kappa shape index (κ1) is 17.0. The van der Waals surface area contributed by atoms with E-state index >= 15 is 0 Å². The zero-order valence-corrected chi connectivity index (χ0v) is 17.1. The molecule has 0 aromatic rings. The topological polar surface area (TPSA) is 0 Å². The highest BCUT2D eigenvalue weighted by Gasteiger charge is 2.57. The normalized spacial score (nSPS) is 49.1. The summed E-state index contributed by atoms with van der Waals surface area (Å²) in [5.41, 5.74) is 3.11. The van der Waals surface area contributed by atoms with E-state index in [0.29, 0.717) is 10.8 Å². The number of hydrogen-bond donors (Lipinski definition) is 0. The molecule has 3 saturated carbocycles. The van der Waals surface area contributed by atoms with Crippen LogP contribution in [-0.4, -0.2) is 5.75 Å². The molecular weight excluding hydrogens is 315 g/mol. The third-order valence-corrected chi connectivity index (χ3v) is 9.98. The van der Waals surface area contributed by atoms with Gasteiger partial charge in [-0.05, 0) is 98.0 Å². The van der Waals surface area contributed by atoms with Crippen LogP contribution < -0.4 is 0 Å². The highest BCUT2D eigenvalue weighted by atomic mass is 32.7. The summed E-state index contributed by atoms with van der Waals surface area (Å²) < 4.78 is 0. The van der Waals surface area contributed by atoms with E-state index in [1.165, 1.54) is 70.0 Å². The number of hydrogen-bond acceptors (Lipinski definition) is 1. The van der Waals surface area contributed by atoms with Gasteiger partial charge in [-0.25, -0.2) is 0 Å². The maximum Gasteiger partial charge on any atom is 0 e. The van der Waals surface area contributed by atoms with Crippen molar-refractivity contribution in [2.24, 2.45) is 34.5 Å². The van der Waals surface area contributed by atoms with Gasteiger partial charge < -0.3 is 0 Å². The largest absolute Gasteiger partial charge is 0.141 e. The van der Waals surface area contributed by atoms with Crippen LogP contribution >= 0.6 is 19.8 Å². The third-order valence-electron chi connectivity index (χ3n) is 8.80. The molecule has 4 rings (SSSR count). The Labute approximate surface area is 151 Å². The molecule has 4 aliphatic rings. The van der Waals surface area contributed by atoms with Crippen molar-refractivity contribution in [3.63, 3.8) is 0 Å². The fourth-order valence-electron chi connectivity index (χ4n) is 7.49. The lowest BCUT2D eigenvalue weighted by Gasteiger charge is -2.57. The molecule has 0 bridgehead atoms. The van der Waals surface area contributed by atoms with E-state index in [4.69, 9.17) is 0 Å². The van der Waals surface area contributed by atoms with E-state index in [1.807, 2.05) is 17.0 Å². The first-order valence-corrected chi connectivity index (χ1v) is 12.6. The van der Waals surface area contributed by atoms with Gasteiger partial charge in [0, 0.05) is 1.43 Å². The molecule has 2 heteroatoms. The molecule has 7 atom stereocenters. The summed E-state index contributed by atoms with van der Waals surface area (Å²) in [6.07, 6.45) is 17.5. The summed E-state index contributed by atoms with van der Waals surface area (Å²) in [4.78, 5) is 0. The monoisotopic (exact) mass is 352 g/mol. The van der Waals surface area contributed by atoms with Crippen molar-refractivity contribution in [2.75, 3.05) is 5.75 Å². The SMILES string of the molecule is CC12CCCCC1=CCC1C2CCC2(C)C(CCSP)CCC12.[HH]. The smallest absolute Gasteiger partial charge is 0 e. The fourth-order valence-corrected chi connectivity index (χ4v) is 8.32. The van der Waals surface area contributed by atoms with Crippen LogP contribution in [0.25, 0.3) is 0 Å². The summed E-state index contributed by atoms with van der Waals surface area (Å²) >= 11 is 1.97. The Kier molecular flexibility index (Phi) is 4.68. The molecule has 0 aromatic carbocycles. The molecule has 132 valence electrons. The van der Waals surface area contributed by atoms with Crippen LogP contribution in [0, 0.1) is 34.5 Å². The van der Waals surface area contributed by atoms with Crippen LogP contribution in [-0.2, 0) is 0 Å². The van der Waals surface area contributed by atoms with Crippen LogP contribution in [0.3, 0.4) is 0 Å². The van der Waals surface area contributed by atoms with E-state index in [9.17, 15) is 0 Å². The Morgan fingerprint density at radius 3 is 2.87 bits per heavy atom. The molecule has 0 spiro atoms. The lowest BCUT2D eigenvalue weighted by atomic mass is 9.47. The zero-order chi connectivity index (χ0) is 16.1. The maximum atomic E-state index is 2.85. The van der Waals surface area contributed by atoms with E-state index in [2.05, 4.69) is 28.4 Å². The zero-order valence-electron chi connectivity index (χ0n) is 15.2. The summed E-state index contributed by atoms with van der Waals surface area (Å²) in [5.74, 6) is 5.39. The summed E-state index contributed by atoms with van der Waals surface area (Å²) in [7, 11) is 2.85. The Hall–Kier alpha value is 0.520. The Bertz CT molecular complexity index is 492. The summed E-state index contributed by atoms with van der Waals surface area (Å²) in [6.45, 7) is 5.33. The molecule has 23 heavy (non-hydrogen) atoms. The third kappa shape index (κ3) is 2.59. The Morgan fingerprint density at radius 2 is 2.04 bits per heavy atom. The molecule has 0 aromatic heterocycles. The van der Waals surface area contributed by atoms with Gasteiger partial charge in [0.2, 0.25) is 0 Å². The molecule has 0 radical (unpaired) electrons. The predicted octanol–water partition coefficient (Wildman–Crippen LogP) is 7.11. The lowest BCUT2D eigenvalue weighted by Crippen LogP contribution is -2.49. The molecule has 4 aliphatic carbocycles. The second kappa shape index (κ2) is 6.35. The van der Waals surface area contributed by atoms with Gasteiger partial charge in [0.25, 0.3) is 0 Å². The standard InChI is InChI=1S/C21H35PS.H2/c1-20-12-4-3-5-15(20)6-8-17-18-9-7-16(11-14-23-22)21(18,2)13-10-19(17)20;/h6,16-19H,3-5,7-14,22H2,1-2H3;1H. The second-order valence-corrected chi connectivity index (χ2v) is 11.2. The van der Waals surface area contributed by atoms with Crippen LogP contribution in [0.4, 0.5) is 0 Å². The van der Waals surface area contributed by atoms with E-state index < -0.39 is 0 Å². The predicted molar refractivity (Wildman–Crippen MR) is 109 cm³/mol. The summed E-state index contributed by atoms with van der Waals surface area (Å²) in [6, 6.07) is 0. The minimum atomic E-state index is 0. The van der Waals surface area contributed by atoms with Crippen LogP contribution in [0.15, 0.2) is 11.6 Å². The Morgan fingerprint density at radius 1 is 1.17 bits per heavy atom. The highest BCUT2D eigenvalue weighted by molar-refractivity contribution is 8.43. The van der Waals surface area contributed by atoms with Crippen molar-refractivity contribution in [3.8, 4) is 0 Å². The van der Waals surface area contributed by atoms with Crippen molar-refractivity contribution >= 4 is 19.8 Å². The number of rotatable bonds is 3. The number of allylic oxidation sites excluding steroid dienone is 2. The minimum Gasteiger partial charge on any atom is -0.141 e. The second-order valence-electron chi connectivity index (χ2n) is 9.44. The van der Waals surface area contributed by atoms with E-state index in [-0.39, 0.29) is 1.43 Å². The lowest BCUT2D eigenvalue weighted by molar-refractivity contribution is -0.0413. The molecule has 0 amide bonds. The van der Waals surface area contributed by atoms with Crippen LogP contribution in [0.2, 0.25) is 0 Å². The fraction of sp³-hybridized carbons (Fsp3) is 0.905. The van der Waals surface area contributed by atoms with Crippen molar-refractivity contribution in [1.82, 2.24) is 0 Å². The average molecular weight is 353 g/mol. The molecule has 0 heterocycles. The Balaban J connectivity index is 0.00000169. The van der Waals surface area contributed by atoms with Crippen molar-refractivity contribution in [1.29, 1.82) is 0 Å². The molecule has 0 N–H and O–H groups in total. The van der Waals surface area contributed by atoms with Gasteiger partial charge >= 0.3 is 0 Å². The number of fused-ring (bicyclic) bond motifs is 5. The van der Waals surface area contributed by atoms with Crippen molar-refractivity contribution in [2.45, 2.75) is 78.1 Å². The van der Waals surface area contributed by atoms with Gasteiger partial charge in [-0.3, -0.25) is 0 Å². The summed E-state index contributed by atoms with van der Waals surface area (Å²) in [5, 5.41) is 0. The highest BCUT2D eigenvalue weighted by Crippen LogP contribution is 2.66.